The van der Waals surface area contributed by atoms with Crippen molar-refractivity contribution in [3.63, 3.8) is 0 Å². The number of hydrogen-bond donors (Lipinski definition) is 0. The van der Waals surface area contributed by atoms with Gasteiger partial charge < -0.3 is 9.26 Å². The molecule has 1 aromatic carbocycles. The second-order valence-electron chi connectivity index (χ2n) is 3.10. The summed E-state index contributed by atoms with van der Waals surface area (Å²) in [6.45, 7) is 1.80. The van der Waals surface area contributed by atoms with Crippen LogP contribution in [0.1, 0.15) is 17.3 Å². The number of nitrogens with zero attached hydrogens (tertiary/aromatic N) is 1. The Morgan fingerprint density at radius 1 is 1.44 bits per heavy atom. The maximum absolute atomic E-state index is 11.7. The van der Waals surface area contributed by atoms with Gasteiger partial charge in [0.15, 0.2) is 5.58 Å². The molecule has 2 aromatic rings. The van der Waals surface area contributed by atoms with Crippen molar-refractivity contribution in [3.8, 4) is 0 Å². The van der Waals surface area contributed by atoms with E-state index < -0.39 is 11.8 Å². The molecule has 82 valence electrons. The minimum Gasteiger partial charge on any atom is -0.460 e. The van der Waals surface area contributed by atoms with Crippen LogP contribution in [0.3, 0.4) is 0 Å². The van der Waals surface area contributed by atoms with Gasteiger partial charge in [-0.1, -0.05) is 11.2 Å². The lowest BCUT2D eigenvalue weighted by molar-refractivity contribution is -0.137. The molecule has 0 saturated carbocycles. The van der Waals surface area contributed by atoms with Crippen LogP contribution in [0.4, 0.5) is 0 Å². The van der Waals surface area contributed by atoms with Gasteiger partial charge in [0.1, 0.15) is 0 Å². The van der Waals surface area contributed by atoms with Crippen LogP contribution in [0.25, 0.3) is 11.0 Å². The van der Waals surface area contributed by atoms with Gasteiger partial charge in [-0.25, -0.2) is 4.79 Å². The fraction of sp³-hybridized carbons (Fsp3) is 0.182. The molecule has 0 aliphatic carbocycles. The van der Waals surface area contributed by atoms with Crippen LogP contribution in [-0.2, 0) is 9.53 Å². The molecular weight excluding hydrogens is 210 g/mol. The third kappa shape index (κ3) is 1.67. The smallest absolute Gasteiger partial charge is 0.379 e. The summed E-state index contributed by atoms with van der Waals surface area (Å²) >= 11 is 0. The molecule has 0 fully saturated rings. The van der Waals surface area contributed by atoms with Crippen LogP contribution in [0.5, 0.6) is 0 Å². The van der Waals surface area contributed by atoms with Crippen LogP contribution in [-0.4, -0.2) is 23.5 Å². The number of esters is 1. The normalized spacial score (nSPS) is 10.3. The summed E-state index contributed by atoms with van der Waals surface area (Å²) in [4.78, 5) is 23.0. The van der Waals surface area contributed by atoms with Gasteiger partial charge >= 0.3 is 5.97 Å². The zero-order valence-electron chi connectivity index (χ0n) is 8.60. The molecule has 5 heteroatoms. The second kappa shape index (κ2) is 4.14. The Morgan fingerprint density at radius 3 is 3.00 bits per heavy atom. The first kappa shape index (κ1) is 10.4. The number of rotatable bonds is 3. The van der Waals surface area contributed by atoms with Crippen molar-refractivity contribution in [3.05, 3.63) is 30.0 Å². The van der Waals surface area contributed by atoms with E-state index in [1.165, 1.54) is 12.3 Å². The van der Waals surface area contributed by atoms with Crippen molar-refractivity contribution < 1.29 is 18.8 Å². The predicted molar refractivity (Wildman–Crippen MR) is 55.0 cm³/mol. The minimum absolute atomic E-state index is 0.164. The van der Waals surface area contributed by atoms with Crippen molar-refractivity contribution in [1.82, 2.24) is 5.16 Å². The third-order valence-electron chi connectivity index (χ3n) is 2.09. The fourth-order valence-corrected chi connectivity index (χ4v) is 1.38. The highest BCUT2D eigenvalue weighted by atomic mass is 16.5. The van der Waals surface area contributed by atoms with Gasteiger partial charge in [0.25, 0.3) is 5.78 Å². The van der Waals surface area contributed by atoms with Crippen molar-refractivity contribution in [2.75, 3.05) is 6.61 Å². The molecule has 0 unspecified atom stereocenters. The van der Waals surface area contributed by atoms with Gasteiger partial charge in [0, 0.05) is 5.39 Å². The first-order valence-electron chi connectivity index (χ1n) is 4.79. The molecule has 0 amide bonds. The molecule has 16 heavy (non-hydrogen) atoms. The second-order valence-corrected chi connectivity index (χ2v) is 3.10. The number of carbonyl (C=O) groups is 2. The van der Waals surface area contributed by atoms with Crippen molar-refractivity contribution >= 4 is 22.7 Å². The number of ether oxygens (including phenoxy) is 1. The topological polar surface area (TPSA) is 69.4 Å². The molecule has 1 aromatic heterocycles. The van der Waals surface area contributed by atoms with Gasteiger partial charge in [-0.05, 0) is 19.1 Å². The summed E-state index contributed by atoms with van der Waals surface area (Å²) in [5, 5.41) is 4.25. The Hall–Kier alpha value is -2.17. The lowest BCUT2D eigenvalue weighted by Crippen LogP contribution is -2.17. The molecule has 1 heterocycles. The molecule has 0 radical (unpaired) electrons. The van der Waals surface area contributed by atoms with Crippen LogP contribution < -0.4 is 0 Å². The molecule has 0 aliphatic heterocycles. The maximum atomic E-state index is 11.7. The standard InChI is InChI=1S/C11H9NO4/c1-2-15-11(14)9(13)8-5-3-4-7-6-12-16-10(7)8/h3-6H,2H2,1H3. The molecule has 0 aliphatic rings. The zero-order chi connectivity index (χ0) is 11.5. The maximum Gasteiger partial charge on any atom is 0.379 e. The molecule has 2 rings (SSSR count). The summed E-state index contributed by atoms with van der Waals surface area (Å²) in [7, 11) is 0. The molecule has 0 spiro atoms. The van der Waals surface area contributed by atoms with Gasteiger partial charge in [-0.2, -0.15) is 0 Å². The number of benzene rings is 1. The fourth-order valence-electron chi connectivity index (χ4n) is 1.38. The van der Waals surface area contributed by atoms with E-state index in [-0.39, 0.29) is 12.2 Å². The number of ketones is 1. The highest BCUT2D eigenvalue weighted by molar-refractivity contribution is 6.42. The minimum atomic E-state index is -0.883. The quantitative estimate of drug-likeness (QED) is 0.445. The molecular formula is C11H9NO4. The largest absolute Gasteiger partial charge is 0.460 e. The van der Waals surface area contributed by atoms with E-state index in [0.29, 0.717) is 11.0 Å². The summed E-state index contributed by atoms with van der Waals surface area (Å²) in [6.07, 6.45) is 1.48. The Bertz CT molecular complexity index is 544. The lowest BCUT2D eigenvalue weighted by atomic mass is 10.1. The Morgan fingerprint density at radius 2 is 2.25 bits per heavy atom. The van der Waals surface area contributed by atoms with Gasteiger partial charge in [0.05, 0.1) is 18.4 Å². The van der Waals surface area contributed by atoms with E-state index >= 15 is 0 Å². The van der Waals surface area contributed by atoms with E-state index in [1.807, 2.05) is 0 Å². The highest BCUT2D eigenvalue weighted by Gasteiger charge is 2.21. The number of hydrogen-bond acceptors (Lipinski definition) is 5. The summed E-state index contributed by atoms with van der Waals surface area (Å²) in [6, 6.07) is 4.91. The number of aromatic nitrogens is 1. The van der Waals surface area contributed by atoms with Gasteiger partial charge in [0.2, 0.25) is 0 Å². The van der Waals surface area contributed by atoms with Crippen LogP contribution in [0, 0.1) is 0 Å². The zero-order valence-corrected chi connectivity index (χ0v) is 8.60. The molecule has 0 bridgehead atoms. The van der Waals surface area contributed by atoms with Gasteiger partial charge in [-0.3, -0.25) is 4.79 Å². The van der Waals surface area contributed by atoms with Crippen LogP contribution >= 0.6 is 0 Å². The van der Waals surface area contributed by atoms with E-state index in [4.69, 9.17) is 4.52 Å². The Balaban J connectivity index is 2.43. The first-order chi connectivity index (χ1) is 7.74. The average molecular weight is 219 g/mol. The first-order valence-corrected chi connectivity index (χ1v) is 4.79. The molecule has 5 nitrogen and oxygen atoms in total. The number of Topliss-reactive ketones (excluding diaryl/α,β-unsaturated/α-hetero) is 1. The van der Waals surface area contributed by atoms with E-state index in [0.717, 1.165) is 0 Å². The third-order valence-corrected chi connectivity index (χ3v) is 2.09. The predicted octanol–water partition coefficient (Wildman–Crippen LogP) is 1.57. The SMILES string of the molecule is CCOC(=O)C(=O)c1cccc2cnoc12. The lowest BCUT2D eigenvalue weighted by Gasteiger charge is -2.00. The monoisotopic (exact) mass is 219 g/mol. The van der Waals surface area contributed by atoms with E-state index in [9.17, 15) is 9.59 Å². The molecule has 0 atom stereocenters. The Labute approximate surface area is 91.0 Å². The molecule has 0 N–H and O–H groups in total. The Kier molecular flexibility index (Phi) is 2.68. The average Bonchev–Trinajstić information content (AvgIpc) is 2.76. The van der Waals surface area contributed by atoms with E-state index in [1.54, 1.807) is 19.1 Å². The van der Waals surface area contributed by atoms with Gasteiger partial charge in [-0.15, -0.1) is 0 Å². The number of carbonyl (C=O) groups excluding carboxylic acids is 2. The summed E-state index contributed by atoms with van der Waals surface area (Å²) < 4.78 is 9.55. The van der Waals surface area contributed by atoms with E-state index in [2.05, 4.69) is 9.89 Å². The molecule has 0 saturated heterocycles. The number of para-hydroxylation sites is 1. The van der Waals surface area contributed by atoms with Crippen LogP contribution in [0.15, 0.2) is 28.9 Å². The summed E-state index contributed by atoms with van der Waals surface area (Å²) in [5.74, 6) is -1.60. The highest BCUT2D eigenvalue weighted by Crippen LogP contribution is 2.18. The number of fused-ring (bicyclic) bond motifs is 1. The van der Waals surface area contributed by atoms with Crippen molar-refractivity contribution in [1.29, 1.82) is 0 Å². The van der Waals surface area contributed by atoms with Crippen molar-refractivity contribution in [2.24, 2.45) is 0 Å². The van der Waals surface area contributed by atoms with Crippen LogP contribution in [0.2, 0.25) is 0 Å². The summed E-state index contributed by atoms with van der Waals surface area (Å²) in [5.41, 5.74) is 0.481. The van der Waals surface area contributed by atoms with Crippen molar-refractivity contribution in [2.45, 2.75) is 6.92 Å².